The largest absolute Gasteiger partial charge is 0.492 e. The molecule has 0 unspecified atom stereocenters. The highest BCUT2D eigenvalue weighted by Crippen LogP contribution is 2.39. The minimum absolute atomic E-state index is 0.121. The van der Waals surface area contributed by atoms with Crippen LogP contribution in [0.15, 0.2) is 5.47 Å². The molecule has 0 aliphatic carbocycles. The van der Waals surface area contributed by atoms with Crippen molar-refractivity contribution in [2.24, 2.45) is 0 Å². The van der Waals surface area contributed by atoms with Gasteiger partial charge in [-0.25, -0.2) is 0 Å². The van der Waals surface area contributed by atoms with Crippen molar-refractivity contribution in [1.82, 2.24) is 15.5 Å². The molecule has 2 heterocycles. The molecule has 1 amide bonds. The lowest BCUT2D eigenvalue weighted by Gasteiger charge is -2.32. The molecule has 23 heavy (non-hydrogen) atoms. The molecule has 1 aliphatic rings. The average Bonchev–Trinajstić information content (AvgIpc) is 2.83. The zero-order valence-electron chi connectivity index (χ0n) is 14.6. The van der Waals surface area contributed by atoms with Gasteiger partial charge in [0, 0.05) is 24.7 Å². The number of nitrogens with two attached hydrogens (primary N) is 1. The summed E-state index contributed by atoms with van der Waals surface area (Å²) in [5.74, 6) is 0.281. The van der Waals surface area contributed by atoms with Crippen LogP contribution in [0, 0.1) is 6.92 Å². The summed E-state index contributed by atoms with van der Waals surface area (Å²) in [7, 11) is -0.555. The van der Waals surface area contributed by atoms with Crippen LogP contribution in [0.1, 0.15) is 45.9 Å². The number of hydrogen-bond acceptors (Lipinski definition) is 5. The molecule has 0 atom stereocenters. The number of amides is 1. The van der Waals surface area contributed by atoms with Crippen LogP contribution in [-0.4, -0.2) is 41.0 Å². The van der Waals surface area contributed by atoms with Gasteiger partial charge < -0.3 is 20.4 Å². The van der Waals surface area contributed by atoms with Crippen LogP contribution in [0.3, 0.4) is 0 Å². The van der Waals surface area contributed by atoms with Gasteiger partial charge in [-0.05, 0) is 40.1 Å². The molecule has 1 aromatic heterocycles. The van der Waals surface area contributed by atoms with E-state index in [0.29, 0.717) is 12.4 Å². The lowest BCUT2D eigenvalue weighted by Crippen LogP contribution is -2.41. The third-order valence-corrected chi connectivity index (χ3v) is 4.45. The van der Waals surface area contributed by atoms with E-state index in [1.54, 1.807) is 0 Å². The van der Waals surface area contributed by atoms with E-state index in [4.69, 9.17) is 15.0 Å². The Hall–Kier alpha value is -1.80. The fourth-order valence-corrected chi connectivity index (χ4v) is 2.25. The number of aromatic amines is 1. The van der Waals surface area contributed by atoms with Crippen LogP contribution in [-0.2, 0) is 14.1 Å². The number of aryl methyl sites for hydroxylation is 1. The summed E-state index contributed by atoms with van der Waals surface area (Å²) >= 11 is 0. The highest BCUT2D eigenvalue weighted by molar-refractivity contribution is 6.56. The Bertz CT molecular complexity index is 601. The van der Waals surface area contributed by atoms with Gasteiger partial charge in [0.1, 0.15) is 0 Å². The molecule has 2 rings (SSSR count). The molecule has 1 saturated heterocycles. The van der Waals surface area contributed by atoms with Gasteiger partial charge in [0.05, 0.1) is 11.2 Å². The number of nitrogens with one attached hydrogen (secondary N) is 2. The minimum Gasteiger partial charge on any atom is -0.400 e. The smallest absolute Gasteiger partial charge is 0.400 e. The first kappa shape index (κ1) is 17.6. The molecule has 0 bridgehead atoms. The van der Waals surface area contributed by atoms with Crippen molar-refractivity contribution in [3.05, 3.63) is 16.7 Å². The molecule has 0 aromatic carbocycles. The number of H-pyrrole nitrogens is 1. The van der Waals surface area contributed by atoms with Crippen LogP contribution in [0.5, 0.6) is 0 Å². The first-order valence-electron chi connectivity index (χ1n) is 7.64. The predicted molar refractivity (Wildman–Crippen MR) is 90.5 cm³/mol. The molecule has 7 nitrogen and oxygen atoms in total. The Labute approximate surface area is 137 Å². The summed E-state index contributed by atoms with van der Waals surface area (Å²) in [6.07, 6.45) is 1.87. The van der Waals surface area contributed by atoms with Crippen molar-refractivity contribution in [2.45, 2.75) is 52.7 Å². The van der Waals surface area contributed by atoms with E-state index in [1.165, 1.54) is 6.92 Å². The lowest BCUT2D eigenvalue weighted by atomic mass is 9.77. The molecule has 1 aromatic rings. The molecule has 1 fully saturated rings. The van der Waals surface area contributed by atoms with E-state index in [-0.39, 0.29) is 5.91 Å². The van der Waals surface area contributed by atoms with Crippen LogP contribution in [0.2, 0.25) is 0 Å². The summed E-state index contributed by atoms with van der Waals surface area (Å²) in [5.41, 5.74) is 7.40. The van der Waals surface area contributed by atoms with Gasteiger partial charge >= 0.3 is 7.12 Å². The first-order chi connectivity index (χ1) is 10.5. The summed E-state index contributed by atoms with van der Waals surface area (Å²) < 4.78 is 12.1. The van der Waals surface area contributed by atoms with Gasteiger partial charge in [0.15, 0.2) is 5.82 Å². The molecule has 0 spiro atoms. The SMILES string of the molecule is CC(=O)NCC(=Cc1c(N)n[nH]c1C)B1OC(C)(C)C(C)(C)O1. The highest BCUT2D eigenvalue weighted by Gasteiger charge is 2.52. The van der Waals surface area contributed by atoms with Gasteiger partial charge in [-0.15, -0.1) is 0 Å². The van der Waals surface area contributed by atoms with Gasteiger partial charge in [-0.3, -0.25) is 9.89 Å². The van der Waals surface area contributed by atoms with Gasteiger partial charge in [0.25, 0.3) is 0 Å². The number of carbonyl (C=O) groups excluding carboxylic acids is 1. The van der Waals surface area contributed by atoms with E-state index in [1.807, 2.05) is 40.7 Å². The van der Waals surface area contributed by atoms with Crippen LogP contribution < -0.4 is 11.1 Å². The highest BCUT2D eigenvalue weighted by atomic mass is 16.7. The second kappa shape index (κ2) is 6.01. The van der Waals surface area contributed by atoms with E-state index in [0.717, 1.165) is 16.7 Å². The van der Waals surface area contributed by atoms with Crippen molar-refractivity contribution in [1.29, 1.82) is 0 Å². The second-order valence-electron chi connectivity index (χ2n) is 6.86. The Morgan fingerprint density at radius 1 is 1.35 bits per heavy atom. The normalized spacial score (nSPS) is 19.9. The average molecular weight is 320 g/mol. The zero-order chi connectivity index (χ0) is 17.4. The number of hydrogen-bond donors (Lipinski definition) is 3. The lowest BCUT2D eigenvalue weighted by molar-refractivity contribution is -0.118. The van der Waals surface area contributed by atoms with Crippen LogP contribution in [0.4, 0.5) is 5.82 Å². The van der Waals surface area contributed by atoms with Crippen LogP contribution >= 0.6 is 0 Å². The number of anilines is 1. The summed E-state index contributed by atoms with van der Waals surface area (Å²) in [4.78, 5) is 11.3. The molecule has 1 aliphatic heterocycles. The maximum absolute atomic E-state index is 11.3. The third kappa shape index (κ3) is 3.59. The fourth-order valence-electron chi connectivity index (χ4n) is 2.25. The second-order valence-corrected chi connectivity index (χ2v) is 6.86. The van der Waals surface area contributed by atoms with Gasteiger partial charge in [-0.2, -0.15) is 5.10 Å². The number of nitrogens with zero attached hydrogens (tertiary/aromatic N) is 1. The van der Waals surface area contributed by atoms with Crippen molar-refractivity contribution >= 4 is 24.9 Å². The number of aromatic nitrogens is 2. The van der Waals surface area contributed by atoms with E-state index < -0.39 is 18.3 Å². The number of rotatable bonds is 4. The predicted octanol–water partition coefficient (Wildman–Crippen LogP) is 1.45. The molecule has 8 heteroatoms. The van der Waals surface area contributed by atoms with Crippen molar-refractivity contribution in [2.75, 3.05) is 12.3 Å². The van der Waals surface area contributed by atoms with E-state index >= 15 is 0 Å². The molecule has 0 saturated carbocycles. The van der Waals surface area contributed by atoms with Gasteiger partial charge in [-0.1, -0.05) is 6.08 Å². The monoisotopic (exact) mass is 320 g/mol. The Kier molecular flexibility index (Phi) is 4.59. The van der Waals surface area contributed by atoms with Crippen molar-refractivity contribution in [3.8, 4) is 0 Å². The quantitative estimate of drug-likeness (QED) is 0.729. The Balaban J connectivity index is 2.34. The Morgan fingerprint density at radius 3 is 2.35 bits per heavy atom. The zero-order valence-corrected chi connectivity index (χ0v) is 14.6. The fraction of sp³-hybridized carbons (Fsp3) is 0.600. The molecule has 126 valence electrons. The molecular formula is C15H25BN4O3. The third-order valence-electron chi connectivity index (χ3n) is 4.45. The molecule has 0 radical (unpaired) electrons. The number of nitrogen functional groups attached to an aromatic ring is 1. The molecular weight excluding hydrogens is 295 g/mol. The molecule has 4 N–H and O–H groups in total. The summed E-state index contributed by atoms with van der Waals surface area (Å²) in [5, 5.41) is 9.62. The van der Waals surface area contributed by atoms with Gasteiger partial charge in [0.2, 0.25) is 5.91 Å². The standard InChI is InChI=1S/C15H25BN4O3/c1-9-12(13(17)20-19-9)7-11(8-18-10(2)21)16-22-14(3,4)15(5,6)23-16/h7H,8H2,1-6H3,(H,18,21)(H3,17,19,20). The maximum Gasteiger partial charge on any atom is 0.492 e. The first-order valence-corrected chi connectivity index (χ1v) is 7.64. The Morgan fingerprint density at radius 2 is 1.91 bits per heavy atom. The number of carbonyl (C=O) groups is 1. The van der Waals surface area contributed by atoms with Crippen molar-refractivity contribution < 1.29 is 14.1 Å². The minimum atomic E-state index is -0.555. The summed E-state index contributed by atoms with van der Waals surface area (Å²) in [6.45, 7) is 11.6. The van der Waals surface area contributed by atoms with Crippen molar-refractivity contribution in [3.63, 3.8) is 0 Å². The topological polar surface area (TPSA) is 102 Å². The summed E-state index contributed by atoms with van der Waals surface area (Å²) in [6, 6.07) is 0. The van der Waals surface area contributed by atoms with E-state index in [9.17, 15) is 4.79 Å². The maximum atomic E-state index is 11.3. The van der Waals surface area contributed by atoms with E-state index in [2.05, 4.69) is 15.5 Å². The van der Waals surface area contributed by atoms with Crippen LogP contribution in [0.25, 0.3) is 6.08 Å².